The number of carbonyl (C=O) groups excluding carboxylic acids is 1. The molecule has 1 atom stereocenters. The Kier molecular flexibility index (Phi) is 5.31. The van der Waals surface area contributed by atoms with Crippen LogP contribution < -0.4 is 0 Å². The molecular formula is C18H19NO3. The Morgan fingerprint density at radius 2 is 1.55 bits per heavy atom. The van der Waals surface area contributed by atoms with Gasteiger partial charge in [-0.25, -0.2) is 0 Å². The molecule has 4 nitrogen and oxygen atoms in total. The first-order valence-electron chi connectivity index (χ1n) is 7.19. The van der Waals surface area contributed by atoms with Crippen molar-refractivity contribution in [1.82, 2.24) is 4.90 Å². The van der Waals surface area contributed by atoms with Crippen molar-refractivity contribution in [3.05, 3.63) is 71.8 Å². The molecule has 22 heavy (non-hydrogen) atoms. The molecule has 0 aliphatic carbocycles. The first kappa shape index (κ1) is 15.8. The van der Waals surface area contributed by atoms with Gasteiger partial charge in [0.15, 0.2) is 0 Å². The van der Waals surface area contributed by atoms with E-state index in [1.165, 1.54) is 0 Å². The van der Waals surface area contributed by atoms with Gasteiger partial charge in [-0.3, -0.25) is 9.59 Å². The van der Waals surface area contributed by atoms with E-state index in [0.717, 1.165) is 5.56 Å². The smallest absolute Gasteiger partial charge is 0.308 e. The molecule has 0 aliphatic rings. The number of nitrogens with zero attached hydrogens (tertiary/aromatic N) is 1. The molecule has 0 aromatic heterocycles. The largest absolute Gasteiger partial charge is 0.481 e. The zero-order valence-electron chi connectivity index (χ0n) is 12.5. The maximum atomic E-state index is 12.6. The van der Waals surface area contributed by atoms with Gasteiger partial charge in [0.25, 0.3) is 5.91 Å². The molecule has 0 saturated carbocycles. The summed E-state index contributed by atoms with van der Waals surface area (Å²) < 4.78 is 0. The molecular weight excluding hydrogens is 278 g/mol. The summed E-state index contributed by atoms with van der Waals surface area (Å²) in [5.74, 6) is -1.67. The lowest BCUT2D eigenvalue weighted by Gasteiger charge is -2.25. The molecule has 0 spiro atoms. The summed E-state index contributed by atoms with van der Waals surface area (Å²) in [6, 6.07) is 18.5. The molecule has 2 rings (SSSR count). The van der Waals surface area contributed by atoms with Gasteiger partial charge in [-0.05, 0) is 17.7 Å². The molecule has 0 bridgehead atoms. The summed E-state index contributed by atoms with van der Waals surface area (Å²) in [7, 11) is 0. The summed E-state index contributed by atoms with van der Waals surface area (Å²) in [6.45, 7) is 2.18. The van der Waals surface area contributed by atoms with E-state index in [2.05, 4.69) is 0 Å². The van der Waals surface area contributed by atoms with E-state index in [4.69, 9.17) is 5.11 Å². The highest BCUT2D eigenvalue weighted by atomic mass is 16.4. The molecule has 2 aromatic carbocycles. The van der Waals surface area contributed by atoms with Crippen LogP contribution in [-0.2, 0) is 11.3 Å². The summed E-state index contributed by atoms with van der Waals surface area (Å²) in [6.07, 6.45) is 0. The second-order valence-electron chi connectivity index (χ2n) is 5.28. The van der Waals surface area contributed by atoms with Crippen LogP contribution in [0.3, 0.4) is 0 Å². The van der Waals surface area contributed by atoms with Crippen LogP contribution in [0.5, 0.6) is 0 Å². The van der Waals surface area contributed by atoms with Crippen LogP contribution in [-0.4, -0.2) is 28.4 Å². The number of hydrogen-bond acceptors (Lipinski definition) is 2. The van der Waals surface area contributed by atoms with Crippen molar-refractivity contribution in [2.24, 2.45) is 5.92 Å². The monoisotopic (exact) mass is 297 g/mol. The molecule has 2 aromatic rings. The summed E-state index contributed by atoms with van der Waals surface area (Å²) >= 11 is 0. The lowest BCUT2D eigenvalue weighted by molar-refractivity contribution is -0.141. The third-order valence-corrected chi connectivity index (χ3v) is 3.44. The van der Waals surface area contributed by atoms with E-state index < -0.39 is 11.9 Å². The fourth-order valence-corrected chi connectivity index (χ4v) is 2.20. The molecule has 0 radical (unpaired) electrons. The van der Waals surface area contributed by atoms with Crippen LogP contribution in [0.4, 0.5) is 0 Å². The van der Waals surface area contributed by atoms with Gasteiger partial charge in [-0.1, -0.05) is 55.5 Å². The minimum atomic E-state index is -0.904. The highest BCUT2D eigenvalue weighted by molar-refractivity contribution is 5.94. The molecule has 0 fully saturated rings. The van der Waals surface area contributed by atoms with Gasteiger partial charge in [0.05, 0.1) is 5.92 Å². The van der Waals surface area contributed by atoms with Gasteiger partial charge in [-0.2, -0.15) is 0 Å². The van der Waals surface area contributed by atoms with Crippen molar-refractivity contribution < 1.29 is 14.7 Å². The summed E-state index contributed by atoms with van der Waals surface area (Å²) in [5, 5.41) is 9.11. The van der Waals surface area contributed by atoms with Gasteiger partial charge in [0, 0.05) is 18.7 Å². The van der Waals surface area contributed by atoms with E-state index >= 15 is 0 Å². The number of hydrogen-bond donors (Lipinski definition) is 1. The van der Waals surface area contributed by atoms with Gasteiger partial charge < -0.3 is 10.0 Å². The minimum Gasteiger partial charge on any atom is -0.481 e. The number of carboxylic acid groups (broad SMARTS) is 1. The molecule has 4 heteroatoms. The third-order valence-electron chi connectivity index (χ3n) is 3.44. The SMILES string of the molecule is CC(CN(Cc1ccccc1)C(=O)c1ccccc1)C(=O)O. The van der Waals surface area contributed by atoms with Crippen LogP contribution in [0.1, 0.15) is 22.8 Å². The molecule has 0 aliphatic heterocycles. The Bertz CT molecular complexity index is 625. The summed E-state index contributed by atoms with van der Waals surface area (Å²) in [4.78, 5) is 25.3. The highest BCUT2D eigenvalue weighted by Gasteiger charge is 2.21. The first-order valence-corrected chi connectivity index (χ1v) is 7.19. The van der Waals surface area contributed by atoms with Crippen LogP contribution in [0.2, 0.25) is 0 Å². The Hall–Kier alpha value is -2.62. The van der Waals surface area contributed by atoms with Gasteiger partial charge in [0.2, 0.25) is 0 Å². The highest BCUT2D eigenvalue weighted by Crippen LogP contribution is 2.12. The fourth-order valence-electron chi connectivity index (χ4n) is 2.20. The van der Waals surface area contributed by atoms with Crippen LogP contribution >= 0.6 is 0 Å². The van der Waals surface area contributed by atoms with Gasteiger partial charge in [-0.15, -0.1) is 0 Å². The average molecular weight is 297 g/mol. The number of carboxylic acids is 1. The number of rotatable bonds is 6. The van der Waals surface area contributed by atoms with Crippen LogP contribution in [0.15, 0.2) is 60.7 Å². The maximum Gasteiger partial charge on any atom is 0.308 e. The van der Waals surface area contributed by atoms with Gasteiger partial charge >= 0.3 is 5.97 Å². The minimum absolute atomic E-state index is 0.155. The van der Waals surface area contributed by atoms with E-state index in [1.54, 1.807) is 36.1 Å². The van der Waals surface area contributed by atoms with E-state index in [-0.39, 0.29) is 12.5 Å². The van der Waals surface area contributed by atoms with Crippen molar-refractivity contribution in [1.29, 1.82) is 0 Å². The normalized spacial score (nSPS) is 11.7. The maximum absolute atomic E-state index is 12.6. The molecule has 1 N–H and O–H groups in total. The second-order valence-corrected chi connectivity index (χ2v) is 5.28. The van der Waals surface area contributed by atoms with Crippen molar-refractivity contribution >= 4 is 11.9 Å². The summed E-state index contributed by atoms with van der Waals surface area (Å²) in [5.41, 5.74) is 1.54. The Morgan fingerprint density at radius 3 is 2.09 bits per heavy atom. The predicted octanol–water partition coefficient (Wildman–Crippen LogP) is 3.05. The topological polar surface area (TPSA) is 57.6 Å². The molecule has 1 amide bonds. The zero-order chi connectivity index (χ0) is 15.9. The standard InChI is InChI=1S/C18H19NO3/c1-14(18(21)22)12-19(13-15-8-4-2-5-9-15)17(20)16-10-6-3-7-11-16/h2-11,14H,12-13H2,1H3,(H,21,22). The first-order chi connectivity index (χ1) is 10.6. The fraction of sp³-hybridized carbons (Fsp3) is 0.222. The quantitative estimate of drug-likeness (QED) is 0.891. The number of benzene rings is 2. The predicted molar refractivity (Wildman–Crippen MR) is 84.4 cm³/mol. The van der Waals surface area contributed by atoms with E-state index in [1.807, 2.05) is 36.4 Å². The Balaban J connectivity index is 2.21. The van der Waals surface area contributed by atoms with E-state index in [0.29, 0.717) is 12.1 Å². The molecule has 0 saturated heterocycles. The van der Waals surface area contributed by atoms with Crippen molar-refractivity contribution in [2.75, 3.05) is 6.54 Å². The lowest BCUT2D eigenvalue weighted by Crippen LogP contribution is -2.36. The molecule has 1 unspecified atom stereocenters. The Labute approximate surface area is 130 Å². The van der Waals surface area contributed by atoms with Crippen molar-refractivity contribution in [3.8, 4) is 0 Å². The van der Waals surface area contributed by atoms with Crippen molar-refractivity contribution in [3.63, 3.8) is 0 Å². The molecule has 114 valence electrons. The van der Waals surface area contributed by atoms with Crippen LogP contribution in [0.25, 0.3) is 0 Å². The number of aliphatic carboxylic acids is 1. The number of carbonyl (C=O) groups is 2. The van der Waals surface area contributed by atoms with Gasteiger partial charge in [0.1, 0.15) is 0 Å². The van der Waals surface area contributed by atoms with Crippen LogP contribution in [0, 0.1) is 5.92 Å². The molecule has 0 heterocycles. The second kappa shape index (κ2) is 7.41. The zero-order valence-corrected chi connectivity index (χ0v) is 12.5. The van der Waals surface area contributed by atoms with E-state index in [9.17, 15) is 9.59 Å². The third kappa shape index (κ3) is 4.19. The number of amides is 1. The average Bonchev–Trinajstić information content (AvgIpc) is 2.55. The van der Waals surface area contributed by atoms with Crippen molar-refractivity contribution in [2.45, 2.75) is 13.5 Å². The Morgan fingerprint density at radius 1 is 1.00 bits per heavy atom. The lowest BCUT2D eigenvalue weighted by atomic mass is 10.1.